The van der Waals surface area contributed by atoms with Gasteiger partial charge in [-0.3, -0.25) is 0 Å². The van der Waals surface area contributed by atoms with Gasteiger partial charge in [-0.1, -0.05) is 26.7 Å². The second kappa shape index (κ2) is 5.50. The number of nitrogens with zero attached hydrogens (tertiary/aromatic N) is 1. The van der Waals surface area contributed by atoms with Crippen molar-refractivity contribution in [1.29, 1.82) is 0 Å². The first-order valence-electron chi connectivity index (χ1n) is 6.35. The number of thiophene rings is 1. The van der Waals surface area contributed by atoms with Gasteiger partial charge in [-0.15, -0.1) is 11.3 Å². The van der Waals surface area contributed by atoms with E-state index in [2.05, 4.69) is 48.6 Å². The number of pyridine rings is 1. The lowest BCUT2D eigenvalue weighted by Crippen LogP contribution is -2.25. The molecule has 2 aromatic rings. The third kappa shape index (κ3) is 2.60. The molecule has 0 aromatic carbocycles. The van der Waals surface area contributed by atoms with Crippen LogP contribution in [-0.4, -0.2) is 11.0 Å². The molecule has 92 valence electrons. The van der Waals surface area contributed by atoms with Gasteiger partial charge in [0.1, 0.15) is 5.82 Å². The van der Waals surface area contributed by atoms with E-state index < -0.39 is 0 Å². The molecule has 0 aliphatic heterocycles. The Morgan fingerprint density at radius 2 is 2.06 bits per heavy atom. The molecule has 3 heteroatoms. The van der Waals surface area contributed by atoms with Gasteiger partial charge in [0.05, 0.1) is 0 Å². The van der Waals surface area contributed by atoms with Crippen LogP contribution in [0.3, 0.4) is 0 Å². The Morgan fingerprint density at radius 1 is 1.29 bits per heavy atom. The molecule has 0 saturated heterocycles. The summed E-state index contributed by atoms with van der Waals surface area (Å²) in [5, 5.41) is 6.94. The standard InChI is InChI=1S/C14H20N2S/c1-4-11(5-2)10(3)16-14-12-7-9-17-13(12)6-8-15-14/h6-11H,4-5H2,1-3H3,(H,15,16). The highest BCUT2D eigenvalue weighted by atomic mass is 32.1. The lowest BCUT2D eigenvalue weighted by molar-refractivity contribution is 0.437. The Balaban J connectivity index is 2.20. The second-order valence-corrected chi connectivity index (χ2v) is 5.45. The maximum Gasteiger partial charge on any atom is 0.134 e. The molecule has 2 aromatic heterocycles. The molecule has 0 aliphatic rings. The highest BCUT2D eigenvalue weighted by Gasteiger charge is 2.14. The molecule has 1 atom stereocenters. The molecule has 2 heterocycles. The summed E-state index contributed by atoms with van der Waals surface area (Å²) in [5.41, 5.74) is 0. The van der Waals surface area contributed by atoms with Crippen LogP contribution in [0.5, 0.6) is 0 Å². The first kappa shape index (κ1) is 12.4. The lowest BCUT2D eigenvalue weighted by atomic mass is 9.95. The average Bonchev–Trinajstić information content (AvgIpc) is 2.80. The quantitative estimate of drug-likeness (QED) is 0.840. The first-order chi connectivity index (χ1) is 8.26. The van der Waals surface area contributed by atoms with Crippen LogP contribution >= 0.6 is 11.3 Å². The number of fused-ring (bicyclic) bond motifs is 1. The minimum absolute atomic E-state index is 0.475. The topological polar surface area (TPSA) is 24.9 Å². The molecule has 0 saturated carbocycles. The van der Waals surface area contributed by atoms with E-state index >= 15 is 0 Å². The second-order valence-electron chi connectivity index (χ2n) is 4.50. The number of hydrogen-bond acceptors (Lipinski definition) is 3. The van der Waals surface area contributed by atoms with Crippen molar-refractivity contribution < 1.29 is 0 Å². The SMILES string of the molecule is CCC(CC)C(C)Nc1nccc2sccc12. The number of anilines is 1. The van der Waals surface area contributed by atoms with Crippen molar-refractivity contribution in [1.82, 2.24) is 4.98 Å². The molecule has 0 fully saturated rings. The molecule has 1 N–H and O–H groups in total. The summed E-state index contributed by atoms with van der Waals surface area (Å²) in [4.78, 5) is 4.47. The maximum absolute atomic E-state index is 4.47. The number of nitrogens with one attached hydrogen (secondary N) is 1. The van der Waals surface area contributed by atoms with Gasteiger partial charge in [0.15, 0.2) is 0 Å². The first-order valence-corrected chi connectivity index (χ1v) is 7.23. The van der Waals surface area contributed by atoms with Crippen LogP contribution in [0.2, 0.25) is 0 Å². The van der Waals surface area contributed by atoms with E-state index in [1.54, 1.807) is 11.3 Å². The number of rotatable bonds is 5. The van der Waals surface area contributed by atoms with E-state index in [0.717, 1.165) is 5.82 Å². The van der Waals surface area contributed by atoms with E-state index in [9.17, 15) is 0 Å². The molecule has 17 heavy (non-hydrogen) atoms. The highest BCUT2D eigenvalue weighted by molar-refractivity contribution is 7.17. The molecule has 1 unspecified atom stereocenters. The fourth-order valence-electron chi connectivity index (χ4n) is 2.34. The lowest BCUT2D eigenvalue weighted by Gasteiger charge is -2.23. The Kier molecular flexibility index (Phi) is 4.00. The fourth-order valence-corrected chi connectivity index (χ4v) is 3.12. The monoisotopic (exact) mass is 248 g/mol. The van der Waals surface area contributed by atoms with Crippen molar-refractivity contribution in [3.8, 4) is 0 Å². The van der Waals surface area contributed by atoms with Crippen molar-refractivity contribution in [2.45, 2.75) is 39.7 Å². The fraction of sp³-hybridized carbons (Fsp3) is 0.500. The average molecular weight is 248 g/mol. The Bertz CT molecular complexity index is 474. The van der Waals surface area contributed by atoms with Crippen LogP contribution in [0.15, 0.2) is 23.7 Å². The van der Waals surface area contributed by atoms with Gasteiger partial charge < -0.3 is 5.32 Å². The minimum Gasteiger partial charge on any atom is -0.367 e. The molecular formula is C14H20N2S. The summed E-state index contributed by atoms with van der Waals surface area (Å²) in [6.45, 7) is 6.76. The largest absolute Gasteiger partial charge is 0.367 e. The van der Waals surface area contributed by atoms with E-state index in [1.807, 2.05) is 6.20 Å². The predicted octanol–water partition coefficient (Wildman–Crippen LogP) is 4.53. The van der Waals surface area contributed by atoms with Crippen LogP contribution in [0.4, 0.5) is 5.82 Å². The highest BCUT2D eigenvalue weighted by Crippen LogP contribution is 2.27. The van der Waals surface area contributed by atoms with E-state index in [-0.39, 0.29) is 0 Å². The molecule has 0 bridgehead atoms. The summed E-state index contributed by atoms with van der Waals surface area (Å²) < 4.78 is 1.30. The van der Waals surface area contributed by atoms with Crippen molar-refractivity contribution in [2.75, 3.05) is 5.32 Å². The third-order valence-corrected chi connectivity index (χ3v) is 4.38. The molecule has 0 spiro atoms. The third-order valence-electron chi connectivity index (χ3n) is 3.50. The maximum atomic E-state index is 4.47. The summed E-state index contributed by atoms with van der Waals surface area (Å²) >= 11 is 1.77. The van der Waals surface area contributed by atoms with Crippen molar-refractivity contribution in [2.24, 2.45) is 5.92 Å². The predicted molar refractivity (Wildman–Crippen MR) is 76.8 cm³/mol. The van der Waals surface area contributed by atoms with Gasteiger partial charge in [-0.05, 0) is 30.4 Å². The van der Waals surface area contributed by atoms with Gasteiger partial charge >= 0.3 is 0 Å². The summed E-state index contributed by atoms with van der Waals surface area (Å²) in [6, 6.07) is 4.70. The van der Waals surface area contributed by atoms with Gasteiger partial charge in [-0.2, -0.15) is 0 Å². The zero-order valence-electron chi connectivity index (χ0n) is 10.7. The zero-order valence-corrected chi connectivity index (χ0v) is 11.6. The van der Waals surface area contributed by atoms with Crippen LogP contribution < -0.4 is 5.32 Å². The Morgan fingerprint density at radius 3 is 2.76 bits per heavy atom. The van der Waals surface area contributed by atoms with E-state index in [1.165, 1.54) is 22.9 Å². The molecule has 2 rings (SSSR count). The smallest absolute Gasteiger partial charge is 0.134 e. The molecule has 2 nitrogen and oxygen atoms in total. The Hall–Kier alpha value is -1.09. The summed E-state index contributed by atoms with van der Waals surface area (Å²) in [6.07, 6.45) is 4.31. The molecule has 0 radical (unpaired) electrons. The zero-order chi connectivity index (χ0) is 12.3. The van der Waals surface area contributed by atoms with Gasteiger partial charge in [-0.25, -0.2) is 4.98 Å². The molecular weight excluding hydrogens is 228 g/mol. The van der Waals surface area contributed by atoms with E-state index in [0.29, 0.717) is 12.0 Å². The van der Waals surface area contributed by atoms with Gasteiger partial charge in [0.2, 0.25) is 0 Å². The molecule has 0 amide bonds. The van der Waals surface area contributed by atoms with Crippen LogP contribution in [-0.2, 0) is 0 Å². The number of hydrogen-bond donors (Lipinski definition) is 1. The van der Waals surface area contributed by atoms with Crippen LogP contribution in [0.25, 0.3) is 10.1 Å². The normalized spacial score (nSPS) is 13.2. The van der Waals surface area contributed by atoms with Crippen LogP contribution in [0.1, 0.15) is 33.6 Å². The van der Waals surface area contributed by atoms with E-state index in [4.69, 9.17) is 0 Å². The van der Waals surface area contributed by atoms with Crippen molar-refractivity contribution in [3.63, 3.8) is 0 Å². The Labute approximate surface area is 107 Å². The summed E-state index contributed by atoms with van der Waals surface area (Å²) in [5.74, 6) is 1.74. The molecule has 0 aliphatic carbocycles. The van der Waals surface area contributed by atoms with Crippen molar-refractivity contribution in [3.05, 3.63) is 23.7 Å². The van der Waals surface area contributed by atoms with Gasteiger partial charge in [0.25, 0.3) is 0 Å². The van der Waals surface area contributed by atoms with Crippen LogP contribution in [0, 0.1) is 5.92 Å². The number of aromatic nitrogens is 1. The van der Waals surface area contributed by atoms with Gasteiger partial charge in [0, 0.05) is 22.3 Å². The minimum atomic E-state index is 0.475. The van der Waals surface area contributed by atoms with Crippen molar-refractivity contribution >= 4 is 27.2 Å². The summed E-state index contributed by atoms with van der Waals surface area (Å²) in [7, 11) is 0.